The van der Waals surface area contributed by atoms with Crippen molar-refractivity contribution in [3.05, 3.63) is 52.2 Å². The average Bonchev–Trinajstić information content (AvgIpc) is 3.65. The van der Waals surface area contributed by atoms with Crippen LogP contribution < -0.4 is 10.5 Å². The zero-order valence-corrected chi connectivity index (χ0v) is 21.2. The summed E-state index contributed by atoms with van der Waals surface area (Å²) in [5.74, 6) is 0.669. The molecule has 0 radical (unpaired) electrons. The summed E-state index contributed by atoms with van der Waals surface area (Å²) in [5.41, 5.74) is 4.88. The molecule has 1 saturated carbocycles. The van der Waals surface area contributed by atoms with E-state index in [-0.39, 0.29) is 24.2 Å². The summed E-state index contributed by atoms with van der Waals surface area (Å²) in [4.78, 5) is 22.6. The van der Waals surface area contributed by atoms with E-state index in [0.717, 1.165) is 42.7 Å². The molecule has 3 aromatic heterocycles. The standard InChI is InChI=1S/C27H35N7O/c1-5-21-16-34(24-13-26(35)31(4)25-17-32(12-11-28)30-27(24)25)22(6-2)15-33(21)18(3)20-9-10-23(29-14-20)19-7-8-19/h9-10,13-14,17-19,21-22H,5-8,12,15-16H2,1-4H3/t18-,21-,22+/m1/s1. The smallest absolute Gasteiger partial charge is 0.252 e. The predicted octanol–water partition coefficient (Wildman–Crippen LogP) is 3.97. The minimum Gasteiger partial charge on any atom is -0.364 e. The summed E-state index contributed by atoms with van der Waals surface area (Å²) in [7, 11) is 1.77. The van der Waals surface area contributed by atoms with Gasteiger partial charge in [-0.15, -0.1) is 0 Å². The maximum Gasteiger partial charge on any atom is 0.252 e. The number of nitrogens with zero attached hydrogens (tertiary/aromatic N) is 7. The van der Waals surface area contributed by atoms with Crippen LogP contribution in [0.15, 0.2) is 35.4 Å². The minimum atomic E-state index is -0.0514. The fourth-order valence-corrected chi connectivity index (χ4v) is 5.54. The van der Waals surface area contributed by atoms with Crippen molar-refractivity contribution in [1.82, 2.24) is 24.2 Å². The van der Waals surface area contributed by atoms with Gasteiger partial charge < -0.3 is 9.47 Å². The molecule has 0 spiro atoms. The molecule has 2 aliphatic rings. The van der Waals surface area contributed by atoms with E-state index in [2.05, 4.69) is 55.0 Å². The molecule has 35 heavy (non-hydrogen) atoms. The molecule has 0 unspecified atom stereocenters. The van der Waals surface area contributed by atoms with Crippen LogP contribution in [0, 0.1) is 11.3 Å². The number of hydrogen-bond acceptors (Lipinski definition) is 6. The number of hydrogen-bond donors (Lipinski definition) is 0. The second kappa shape index (κ2) is 9.46. The van der Waals surface area contributed by atoms with Crippen LogP contribution in [-0.2, 0) is 13.6 Å². The van der Waals surface area contributed by atoms with Gasteiger partial charge in [-0.1, -0.05) is 19.9 Å². The molecule has 2 fully saturated rings. The molecule has 184 valence electrons. The van der Waals surface area contributed by atoms with Crippen molar-refractivity contribution < 1.29 is 0 Å². The Balaban J connectivity index is 1.46. The molecule has 8 nitrogen and oxygen atoms in total. The lowest BCUT2D eigenvalue weighted by atomic mass is 9.97. The van der Waals surface area contributed by atoms with Gasteiger partial charge in [-0.05, 0) is 44.2 Å². The zero-order chi connectivity index (χ0) is 24.7. The summed E-state index contributed by atoms with van der Waals surface area (Å²) in [6.45, 7) is 8.65. The third kappa shape index (κ3) is 4.34. The third-order valence-electron chi connectivity index (χ3n) is 7.95. The number of piperazine rings is 1. The van der Waals surface area contributed by atoms with Gasteiger partial charge in [0.15, 0.2) is 0 Å². The average molecular weight is 474 g/mol. The molecule has 5 rings (SSSR count). The van der Waals surface area contributed by atoms with Crippen LogP contribution in [-0.4, -0.2) is 49.4 Å². The molecule has 4 heterocycles. The van der Waals surface area contributed by atoms with Crippen molar-refractivity contribution in [2.24, 2.45) is 7.05 Å². The quantitative estimate of drug-likeness (QED) is 0.516. The van der Waals surface area contributed by atoms with E-state index >= 15 is 0 Å². The Labute approximate surface area is 206 Å². The fraction of sp³-hybridized carbons (Fsp3) is 0.556. The highest BCUT2D eigenvalue weighted by Crippen LogP contribution is 2.39. The van der Waals surface area contributed by atoms with E-state index < -0.39 is 0 Å². The second-order valence-corrected chi connectivity index (χ2v) is 10.1. The molecular formula is C27H35N7O. The topological polar surface area (TPSA) is 83.0 Å². The van der Waals surface area contributed by atoms with Gasteiger partial charge >= 0.3 is 0 Å². The number of anilines is 1. The van der Waals surface area contributed by atoms with Crippen molar-refractivity contribution in [3.63, 3.8) is 0 Å². The van der Waals surface area contributed by atoms with Crippen LogP contribution in [0.2, 0.25) is 0 Å². The molecule has 0 N–H and O–H groups in total. The van der Waals surface area contributed by atoms with Crippen molar-refractivity contribution in [2.75, 3.05) is 18.0 Å². The van der Waals surface area contributed by atoms with Crippen molar-refractivity contribution in [2.45, 2.75) is 77.0 Å². The van der Waals surface area contributed by atoms with Crippen molar-refractivity contribution in [1.29, 1.82) is 5.26 Å². The normalized spacial score (nSPS) is 21.9. The Morgan fingerprint density at radius 1 is 1.17 bits per heavy atom. The second-order valence-electron chi connectivity index (χ2n) is 10.1. The number of fused-ring (bicyclic) bond motifs is 1. The van der Waals surface area contributed by atoms with Gasteiger partial charge in [0.05, 0.1) is 23.5 Å². The number of aromatic nitrogens is 4. The van der Waals surface area contributed by atoms with Crippen LogP contribution in [0.3, 0.4) is 0 Å². The van der Waals surface area contributed by atoms with Crippen LogP contribution in [0.25, 0.3) is 11.0 Å². The number of nitriles is 1. The van der Waals surface area contributed by atoms with Crippen LogP contribution in [0.4, 0.5) is 5.69 Å². The Bertz CT molecular complexity index is 1300. The molecule has 1 aliphatic carbocycles. The first-order chi connectivity index (χ1) is 16.9. The van der Waals surface area contributed by atoms with Crippen molar-refractivity contribution in [3.8, 4) is 6.07 Å². The molecule has 1 aliphatic heterocycles. The third-order valence-corrected chi connectivity index (χ3v) is 7.95. The first-order valence-corrected chi connectivity index (χ1v) is 12.9. The summed E-state index contributed by atoms with van der Waals surface area (Å²) >= 11 is 0. The Morgan fingerprint density at radius 3 is 2.57 bits per heavy atom. The first-order valence-electron chi connectivity index (χ1n) is 12.9. The first kappa shape index (κ1) is 23.6. The lowest BCUT2D eigenvalue weighted by molar-refractivity contribution is 0.101. The molecule has 0 bridgehead atoms. The Kier molecular flexibility index (Phi) is 6.37. The van der Waals surface area contributed by atoms with Crippen LogP contribution in [0.5, 0.6) is 0 Å². The monoisotopic (exact) mass is 473 g/mol. The van der Waals surface area contributed by atoms with Crippen LogP contribution in [0.1, 0.15) is 69.7 Å². The molecule has 3 atom stereocenters. The Morgan fingerprint density at radius 2 is 1.94 bits per heavy atom. The summed E-state index contributed by atoms with van der Waals surface area (Å²) in [6.07, 6.45) is 8.40. The van der Waals surface area contributed by atoms with Gasteiger partial charge in [0.2, 0.25) is 0 Å². The van der Waals surface area contributed by atoms with E-state index in [0.29, 0.717) is 12.0 Å². The highest BCUT2D eigenvalue weighted by molar-refractivity contribution is 5.88. The number of pyridine rings is 2. The van der Waals surface area contributed by atoms with Gasteiger partial charge in [-0.25, -0.2) is 0 Å². The van der Waals surface area contributed by atoms with Gasteiger partial charge in [-0.3, -0.25) is 19.4 Å². The summed E-state index contributed by atoms with van der Waals surface area (Å²) in [5, 5.41) is 13.9. The minimum absolute atomic E-state index is 0.0514. The van der Waals surface area contributed by atoms with E-state index in [1.54, 1.807) is 28.6 Å². The lowest BCUT2D eigenvalue weighted by Crippen LogP contribution is -2.58. The number of aryl methyl sites for hydroxylation is 1. The van der Waals surface area contributed by atoms with E-state index in [9.17, 15) is 4.79 Å². The molecular weight excluding hydrogens is 438 g/mol. The molecule has 0 aromatic carbocycles. The molecule has 0 amide bonds. The largest absolute Gasteiger partial charge is 0.364 e. The molecule has 1 saturated heterocycles. The lowest BCUT2D eigenvalue weighted by Gasteiger charge is -2.49. The Hall–Kier alpha value is -3.18. The highest BCUT2D eigenvalue weighted by atomic mass is 16.1. The van der Waals surface area contributed by atoms with Crippen LogP contribution >= 0.6 is 0 Å². The SMILES string of the molecule is CC[C@H]1CN([C@H](C)c2ccc(C3CC3)nc2)[C@H](CC)CN1c1cc(=O)n(C)c2cn(CC#N)nc12. The summed E-state index contributed by atoms with van der Waals surface area (Å²) in [6, 6.07) is 9.22. The predicted molar refractivity (Wildman–Crippen MR) is 137 cm³/mol. The van der Waals surface area contributed by atoms with Crippen molar-refractivity contribution >= 4 is 16.7 Å². The fourth-order valence-electron chi connectivity index (χ4n) is 5.54. The van der Waals surface area contributed by atoms with E-state index in [1.807, 2.05) is 0 Å². The molecule has 3 aromatic rings. The maximum atomic E-state index is 12.9. The van der Waals surface area contributed by atoms with Gasteiger partial charge in [0.25, 0.3) is 5.56 Å². The maximum absolute atomic E-state index is 12.9. The van der Waals surface area contributed by atoms with Gasteiger partial charge in [0, 0.05) is 62.1 Å². The highest BCUT2D eigenvalue weighted by Gasteiger charge is 2.36. The van der Waals surface area contributed by atoms with Gasteiger partial charge in [0.1, 0.15) is 12.1 Å². The number of rotatable bonds is 7. The van der Waals surface area contributed by atoms with E-state index in [1.165, 1.54) is 24.1 Å². The summed E-state index contributed by atoms with van der Waals surface area (Å²) < 4.78 is 3.25. The van der Waals surface area contributed by atoms with Gasteiger partial charge in [-0.2, -0.15) is 10.4 Å². The zero-order valence-electron chi connectivity index (χ0n) is 21.2. The van der Waals surface area contributed by atoms with E-state index in [4.69, 9.17) is 15.3 Å². The molecule has 8 heteroatoms.